The highest BCUT2D eigenvalue weighted by Gasteiger charge is 2.29. The summed E-state index contributed by atoms with van der Waals surface area (Å²) in [5.41, 5.74) is 0.824. The molecule has 1 aromatic carbocycles. The van der Waals surface area contributed by atoms with Crippen LogP contribution in [0.4, 0.5) is 0 Å². The van der Waals surface area contributed by atoms with Gasteiger partial charge in [-0.2, -0.15) is 11.8 Å². The summed E-state index contributed by atoms with van der Waals surface area (Å²) in [6.45, 7) is 0.790. The van der Waals surface area contributed by atoms with Crippen molar-refractivity contribution >= 4 is 29.5 Å². The number of hydrogen-bond donors (Lipinski definition) is 4. The number of amides is 2. The molecule has 1 fully saturated rings. The smallest absolute Gasteiger partial charge is 0.326 e. The largest absolute Gasteiger partial charge is 0.480 e. The predicted molar refractivity (Wildman–Crippen MR) is 106 cm³/mol. The SMILES string of the molecule is CSCC[C@H](NC(=O)[C@@H]1CCCN1)C(=O)N[C@@H](Cc1ccccc1)C(=O)O. The lowest BCUT2D eigenvalue weighted by Gasteiger charge is -2.23. The molecule has 2 amide bonds. The van der Waals surface area contributed by atoms with Gasteiger partial charge < -0.3 is 21.1 Å². The van der Waals surface area contributed by atoms with Gasteiger partial charge in [-0.25, -0.2) is 4.79 Å². The molecule has 1 saturated heterocycles. The van der Waals surface area contributed by atoms with Gasteiger partial charge in [0.15, 0.2) is 0 Å². The fourth-order valence-electron chi connectivity index (χ4n) is 3.01. The van der Waals surface area contributed by atoms with Crippen LogP contribution in [0, 0.1) is 0 Å². The van der Waals surface area contributed by atoms with Gasteiger partial charge in [-0.1, -0.05) is 30.3 Å². The van der Waals surface area contributed by atoms with Crippen LogP contribution in [0.1, 0.15) is 24.8 Å². The average Bonchev–Trinajstić information content (AvgIpc) is 3.20. The second-order valence-electron chi connectivity index (χ2n) is 6.58. The van der Waals surface area contributed by atoms with Crippen LogP contribution < -0.4 is 16.0 Å². The molecule has 148 valence electrons. The first-order chi connectivity index (χ1) is 13.0. The monoisotopic (exact) mass is 393 g/mol. The minimum atomic E-state index is -1.10. The second kappa shape index (κ2) is 10.9. The maximum atomic E-state index is 12.7. The first-order valence-corrected chi connectivity index (χ1v) is 10.5. The maximum absolute atomic E-state index is 12.7. The molecule has 1 aliphatic heterocycles. The molecule has 0 saturated carbocycles. The standard InChI is InChI=1S/C19H27N3O4S/c1-27-11-9-15(21-17(23)14-8-5-10-20-14)18(24)22-16(19(25)26)12-13-6-3-2-4-7-13/h2-4,6-7,14-16,20H,5,8-12H2,1H3,(H,21,23)(H,22,24)(H,25,26)/t14-,15-,16-/m0/s1. The van der Waals surface area contributed by atoms with Gasteiger partial charge in [0.05, 0.1) is 6.04 Å². The molecule has 0 aromatic heterocycles. The number of rotatable bonds is 10. The summed E-state index contributed by atoms with van der Waals surface area (Å²) < 4.78 is 0. The van der Waals surface area contributed by atoms with Crippen molar-refractivity contribution in [3.8, 4) is 0 Å². The van der Waals surface area contributed by atoms with E-state index in [2.05, 4.69) is 16.0 Å². The van der Waals surface area contributed by atoms with E-state index in [9.17, 15) is 19.5 Å². The topological polar surface area (TPSA) is 108 Å². The van der Waals surface area contributed by atoms with Crippen molar-refractivity contribution in [2.45, 2.75) is 43.8 Å². The van der Waals surface area contributed by atoms with Crippen LogP contribution >= 0.6 is 11.8 Å². The summed E-state index contributed by atoms with van der Waals surface area (Å²) in [5, 5.41) is 18.0. The van der Waals surface area contributed by atoms with E-state index in [0.29, 0.717) is 12.2 Å². The van der Waals surface area contributed by atoms with E-state index < -0.39 is 24.0 Å². The Labute approximate surface area is 163 Å². The summed E-state index contributed by atoms with van der Waals surface area (Å²) in [6.07, 6.45) is 4.23. The predicted octanol–water partition coefficient (Wildman–Crippen LogP) is 0.788. The molecule has 4 N–H and O–H groups in total. The lowest BCUT2D eigenvalue weighted by Crippen LogP contribution is -2.54. The van der Waals surface area contributed by atoms with Crippen molar-refractivity contribution < 1.29 is 19.5 Å². The molecule has 7 nitrogen and oxygen atoms in total. The molecule has 0 radical (unpaired) electrons. The zero-order valence-electron chi connectivity index (χ0n) is 15.4. The van der Waals surface area contributed by atoms with Crippen LogP contribution in [0.25, 0.3) is 0 Å². The lowest BCUT2D eigenvalue weighted by molar-refractivity contribution is -0.142. The molecule has 0 aliphatic carbocycles. The quantitative estimate of drug-likeness (QED) is 0.468. The van der Waals surface area contributed by atoms with Crippen molar-refractivity contribution in [3.05, 3.63) is 35.9 Å². The lowest BCUT2D eigenvalue weighted by atomic mass is 10.1. The average molecular weight is 394 g/mol. The third-order valence-corrected chi connectivity index (χ3v) is 5.16. The molecule has 0 bridgehead atoms. The first-order valence-electron chi connectivity index (χ1n) is 9.11. The number of hydrogen-bond acceptors (Lipinski definition) is 5. The van der Waals surface area contributed by atoms with Crippen molar-refractivity contribution in [1.82, 2.24) is 16.0 Å². The van der Waals surface area contributed by atoms with Gasteiger partial charge in [-0.15, -0.1) is 0 Å². The van der Waals surface area contributed by atoms with Crippen molar-refractivity contribution in [3.63, 3.8) is 0 Å². The molecular formula is C19H27N3O4S. The minimum absolute atomic E-state index is 0.190. The Morgan fingerprint density at radius 3 is 2.56 bits per heavy atom. The summed E-state index contributed by atoms with van der Waals surface area (Å²) in [5.74, 6) is -1.07. The first kappa shape index (κ1) is 21.2. The number of carboxylic acids is 1. The molecule has 3 atom stereocenters. The molecule has 1 heterocycles. The van der Waals surface area contributed by atoms with Crippen molar-refractivity contribution in [2.24, 2.45) is 0 Å². The molecule has 1 aromatic rings. The molecule has 8 heteroatoms. The zero-order chi connectivity index (χ0) is 19.6. The normalized spacial score (nSPS) is 18.5. The molecule has 2 rings (SSSR count). The number of benzene rings is 1. The fourth-order valence-corrected chi connectivity index (χ4v) is 3.48. The Kier molecular flexibility index (Phi) is 8.60. The van der Waals surface area contributed by atoms with E-state index in [0.717, 1.165) is 24.9 Å². The van der Waals surface area contributed by atoms with Crippen LogP contribution in [-0.4, -0.2) is 59.6 Å². The Morgan fingerprint density at radius 1 is 1.22 bits per heavy atom. The highest BCUT2D eigenvalue weighted by Crippen LogP contribution is 2.08. The van der Waals surface area contributed by atoms with Crippen molar-refractivity contribution in [2.75, 3.05) is 18.6 Å². The fraction of sp³-hybridized carbons (Fsp3) is 0.526. The number of thioether (sulfide) groups is 1. The third-order valence-electron chi connectivity index (χ3n) is 4.52. The van der Waals surface area contributed by atoms with Gasteiger partial charge in [0.1, 0.15) is 12.1 Å². The second-order valence-corrected chi connectivity index (χ2v) is 7.57. The van der Waals surface area contributed by atoms with Gasteiger partial charge in [-0.3, -0.25) is 9.59 Å². The molecular weight excluding hydrogens is 366 g/mol. The van der Waals surface area contributed by atoms with Crippen LogP contribution in [0.2, 0.25) is 0 Å². The van der Waals surface area contributed by atoms with Gasteiger partial charge in [0.25, 0.3) is 0 Å². The number of aliphatic carboxylic acids is 1. The molecule has 1 aliphatic rings. The number of carbonyl (C=O) groups excluding carboxylic acids is 2. The number of carboxylic acid groups (broad SMARTS) is 1. The summed E-state index contributed by atoms with van der Waals surface area (Å²) in [4.78, 5) is 36.6. The summed E-state index contributed by atoms with van der Waals surface area (Å²) >= 11 is 1.57. The van der Waals surface area contributed by atoms with E-state index in [1.54, 1.807) is 11.8 Å². The molecule has 0 spiro atoms. The van der Waals surface area contributed by atoms with Crippen LogP contribution in [-0.2, 0) is 20.8 Å². The van der Waals surface area contributed by atoms with E-state index >= 15 is 0 Å². The van der Waals surface area contributed by atoms with E-state index in [4.69, 9.17) is 0 Å². The van der Waals surface area contributed by atoms with Crippen LogP contribution in [0.15, 0.2) is 30.3 Å². The van der Waals surface area contributed by atoms with Crippen molar-refractivity contribution in [1.29, 1.82) is 0 Å². The molecule has 0 unspecified atom stereocenters. The van der Waals surface area contributed by atoms with E-state index in [1.165, 1.54) is 0 Å². The summed E-state index contributed by atoms with van der Waals surface area (Å²) in [7, 11) is 0. The van der Waals surface area contributed by atoms with Gasteiger partial charge in [0.2, 0.25) is 11.8 Å². The van der Waals surface area contributed by atoms with E-state index in [1.807, 2.05) is 36.6 Å². The third kappa shape index (κ3) is 6.88. The number of carbonyl (C=O) groups is 3. The summed E-state index contributed by atoms with van der Waals surface area (Å²) in [6, 6.07) is 7.07. The highest BCUT2D eigenvalue weighted by atomic mass is 32.2. The van der Waals surface area contributed by atoms with Crippen LogP contribution in [0.5, 0.6) is 0 Å². The van der Waals surface area contributed by atoms with E-state index in [-0.39, 0.29) is 18.4 Å². The Morgan fingerprint density at radius 2 is 1.96 bits per heavy atom. The molecule has 27 heavy (non-hydrogen) atoms. The van der Waals surface area contributed by atoms with Gasteiger partial charge >= 0.3 is 5.97 Å². The van der Waals surface area contributed by atoms with Gasteiger partial charge in [-0.05, 0) is 43.4 Å². The highest BCUT2D eigenvalue weighted by molar-refractivity contribution is 7.98. The maximum Gasteiger partial charge on any atom is 0.326 e. The van der Waals surface area contributed by atoms with Gasteiger partial charge in [0, 0.05) is 6.42 Å². The Balaban J connectivity index is 2.00. The Hall–Kier alpha value is -2.06. The van der Waals surface area contributed by atoms with Crippen LogP contribution in [0.3, 0.4) is 0 Å². The Bertz CT molecular complexity index is 635. The number of nitrogens with one attached hydrogen (secondary N) is 3. The minimum Gasteiger partial charge on any atom is -0.480 e. The zero-order valence-corrected chi connectivity index (χ0v) is 16.3.